The second-order valence-corrected chi connectivity index (χ2v) is 6.50. The summed E-state index contributed by atoms with van der Waals surface area (Å²) in [5.41, 5.74) is 0. The summed E-state index contributed by atoms with van der Waals surface area (Å²) < 4.78 is 0. The maximum atomic E-state index is 12.1. The van der Waals surface area contributed by atoms with Gasteiger partial charge < -0.3 is 21.3 Å². The summed E-state index contributed by atoms with van der Waals surface area (Å²) in [6.07, 6.45) is 3.73. The van der Waals surface area contributed by atoms with Crippen LogP contribution in [0.1, 0.15) is 39.5 Å². The van der Waals surface area contributed by atoms with Gasteiger partial charge >= 0.3 is 0 Å². The van der Waals surface area contributed by atoms with Crippen LogP contribution in [0.4, 0.5) is 0 Å². The highest BCUT2D eigenvalue weighted by Gasteiger charge is 2.26. The van der Waals surface area contributed by atoms with Crippen LogP contribution in [0.5, 0.6) is 0 Å². The summed E-state index contributed by atoms with van der Waals surface area (Å²) in [7, 11) is 0. The second kappa shape index (κ2) is 11.6. The maximum absolute atomic E-state index is 12.1. The van der Waals surface area contributed by atoms with E-state index in [9.17, 15) is 19.2 Å². The van der Waals surface area contributed by atoms with E-state index in [-0.39, 0.29) is 37.2 Å². The molecular weight excluding hydrogens is 324 g/mol. The maximum Gasteiger partial charge on any atom is 0.239 e. The number of Topliss-reactive ketones (excluding diaryl/α,β-unsaturated/α-hetero) is 1. The molecule has 1 rings (SSSR count). The summed E-state index contributed by atoms with van der Waals surface area (Å²) in [5.74, 6) is -0.531. The molecule has 0 atom stereocenters. The van der Waals surface area contributed by atoms with Gasteiger partial charge in [0.05, 0.1) is 19.6 Å². The van der Waals surface area contributed by atoms with Crippen molar-refractivity contribution in [2.75, 3.05) is 32.7 Å². The average molecular weight is 354 g/mol. The van der Waals surface area contributed by atoms with Crippen molar-refractivity contribution >= 4 is 23.5 Å². The third-order valence-electron chi connectivity index (χ3n) is 4.30. The molecule has 0 unspecified atom stereocenters. The van der Waals surface area contributed by atoms with Gasteiger partial charge in [-0.15, -0.1) is 0 Å². The zero-order valence-electron chi connectivity index (χ0n) is 15.2. The Morgan fingerprint density at radius 1 is 0.840 bits per heavy atom. The van der Waals surface area contributed by atoms with Crippen LogP contribution >= 0.6 is 0 Å². The van der Waals surface area contributed by atoms with E-state index in [0.29, 0.717) is 5.92 Å². The first-order valence-electron chi connectivity index (χ1n) is 8.93. The first-order valence-corrected chi connectivity index (χ1v) is 8.93. The topological polar surface area (TPSA) is 116 Å². The van der Waals surface area contributed by atoms with Gasteiger partial charge in [0.25, 0.3) is 0 Å². The van der Waals surface area contributed by atoms with E-state index in [4.69, 9.17) is 0 Å². The number of ketones is 1. The average Bonchev–Trinajstić information content (AvgIpc) is 2.61. The standard InChI is InChI=1S/C17H30N4O4/c1-3-18-9-13-4-6-14(7-5-13)17(25)21-11-16(24)20-10-15(23)19-8-12(2)22/h13-14,18H,3-11H2,1-2H3,(H,19,23)(H,20,24)(H,21,25)/t13-,14-. The second-order valence-electron chi connectivity index (χ2n) is 6.50. The molecule has 1 aliphatic carbocycles. The Kier molecular flexibility index (Phi) is 9.76. The van der Waals surface area contributed by atoms with E-state index in [1.807, 2.05) is 0 Å². The Balaban J connectivity index is 2.16. The number of hydrogen-bond donors (Lipinski definition) is 4. The highest BCUT2D eigenvalue weighted by Crippen LogP contribution is 2.28. The number of hydrogen-bond acceptors (Lipinski definition) is 5. The smallest absolute Gasteiger partial charge is 0.239 e. The van der Waals surface area contributed by atoms with Crippen LogP contribution in [-0.2, 0) is 19.2 Å². The third kappa shape index (κ3) is 9.19. The van der Waals surface area contributed by atoms with E-state index in [0.717, 1.165) is 38.8 Å². The molecule has 142 valence electrons. The van der Waals surface area contributed by atoms with Gasteiger partial charge in [0.15, 0.2) is 0 Å². The Bertz CT molecular complexity index is 473. The number of nitrogens with one attached hydrogen (secondary N) is 4. The lowest BCUT2D eigenvalue weighted by Crippen LogP contribution is -2.44. The van der Waals surface area contributed by atoms with Crippen molar-refractivity contribution in [1.29, 1.82) is 0 Å². The minimum atomic E-state index is -0.436. The predicted molar refractivity (Wildman–Crippen MR) is 93.7 cm³/mol. The first-order chi connectivity index (χ1) is 11.9. The van der Waals surface area contributed by atoms with Gasteiger partial charge in [-0.1, -0.05) is 6.92 Å². The Morgan fingerprint density at radius 2 is 1.40 bits per heavy atom. The van der Waals surface area contributed by atoms with Gasteiger partial charge in [-0.2, -0.15) is 0 Å². The molecule has 4 N–H and O–H groups in total. The molecular formula is C17H30N4O4. The third-order valence-corrected chi connectivity index (χ3v) is 4.30. The molecule has 1 aliphatic rings. The fourth-order valence-corrected chi connectivity index (χ4v) is 2.82. The molecule has 1 saturated carbocycles. The molecule has 0 aromatic rings. The molecule has 0 aromatic carbocycles. The van der Waals surface area contributed by atoms with Gasteiger partial charge in [-0.05, 0) is 51.6 Å². The number of carbonyl (C=O) groups excluding carboxylic acids is 4. The lowest BCUT2D eigenvalue weighted by Gasteiger charge is -2.27. The van der Waals surface area contributed by atoms with Crippen LogP contribution < -0.4 is 21.3 Å². The molecule has 3 amide bonds. The molecule has 25 heavy (non-hydrogen) atoms. The molecule has 0 aromatic heterocycles. The molecule has 1 fully saturated rings. The SMILES string of the molecule is CCNC[C@H]1CC[C@H](C(=O)NCC(=O)NCC(=O)NCC(C)=O)CC1. The Labute approximate surface area is 148 Å². The summed E-state index contributed by atoms with van der Waals surface area (Å²) in [6.45, 7) is 5.00. The minimum absolute atomic E-state index is 0.0375. The first kappa shape index (κ1) is 21.1. The van der Waals surface area contributed by atoms with Crippen molar-refractivity contribution in [3.05, 3.63) is 0 Å². The lowest BCUT2D eigenvalue weighted by molar-refractivity contribution is -0.130. The Morgan fingerprint density at radius 3 is 1.96 bits per heavy atom. The van der Waals surface area contributed by atoms with Gasteiger partial charge in [-0.3, -0.25) is 19.2 Å². The molecule has 0 radical (unpaired) electrons. The zero-order valence-corrected chi connectivity index (χ0v) is 15.2. The lowest BCUT2D eigenvalue weighted by atomic mass is 9.81. The fraction of sp³-hybridized carbons (Fsp3) is 0.765. The molecule has 0 aliphatic heterocycles. The Hall–Kier alpha value is -1.96. The molecule has 0 spiro atoms. The van der Waals surface area contributed by atoms with E-state index in [1.54, 1.807) is 0 Å². The molecule has 0 bridgehead atoms. The highest BCUT2D eigenvalue weighted by molar-refractivity contribution is 5.90. The van der Waals surface area contributed by atoms with Crippen LogP contribution in [0.25, 0.3) is 0 Å². The summed E-state index contributed by atoms with van der Waals surface area (Å²) in [5, 5.41) is 10.8. The zero-order chi connectivity index (χ0) is 18.7. The molecule has 0 heterocycles. The van der Waals surface area contributed by atoms with Crippen molar-refractivity contribution in [2.24, 2.45) is 11.8 Å². The molecule has 0 saturated heterocycles. The monoisotopic (exact) mass is 354 g/mol. The van der Waals surface area contributed by atoms with Crippen molar-refractivity contribution < 1.29 is 19.2 Å². The van der Waals surface area contributed by atoms with Crippen molar-refractivity contribution in [3.63, 3.8) is 0 Å². The largest absolute Gasteiger partial charge is 0.348 e. The van der Waals surface area contributed by atoms with Gasteiger partial charge in [0.1, 0.15) is 5.78 Å². The minimum Gasteiger partial charge on any atom is -0.348 e. The van der Waals surface area contributed by atoms with Crippen LogP contribution in [0.3, 0.4) is 0 Å². The molecule has 8 heteroatoms. The summed E-state index contributed by atoms with van der Waals surface area (Å²) in [6, 6.07) is 0. The van der Waals surface area contributed by atoms with Crippen LogP contribution in [0, 0.1) is 11.8 Å². The van der Waals surface area contributed by atoms with Crippen molar-refractivity contribution in [2.45, 2.75) is 39.5 Å². The highest BCUT2D eigenvalue weighted by atomic mass is 16.2. The fourth-order valence-electron chi connectivity index (χ4n) is 2.82. The van der Waals surface area contributed by atoms with Crippen LogP contribution in [-0.4, -0.2) is 56.2 Å². The van der Waals surface area contributed by atoms with Crippen molar-refractivity contribution in [3.8, 4) is 0 Å². The normalized spacial score (nSPS) is 19.8. The number of amides is 3. The van der Waals surface area contributed by atoms with Crippen LogP contribution in [0.15, 0.2) is 0 Å². The summed E-state index contributed by atoms with van der Waals surface area (Å²) in [4.78, 5) is 45.9. The van der Waals surface area contributed by atoms with E-state index in [2.05, 4.69) is 28.2 Å². The van der Waals surface area contributed by atoms with E-state index < -0.39 is 11.8 Å². The van der Waals surface area contributed by atoms with Crippen LogP contribution in [0.2, 0.25) is 0 Å². The number of rotatable bonds is 10. The van der Waals surface area contributed by atoms with E-state index in [1.165, 1.54) is 6.92 Å². The quantitative estimate of drug-likeness (QED) is 0.416. The van der Waals surface area contributed by atoms with Gasteiger partial charge in [0.2, 0.25) is 17.7 Å². The number of carbonyl (C=O) groups is 4. The van der Waals surface area contributed by atoms with E-state index >= 15 is 0 Å². The van der Waals surface area contributed by atoms with Gasteiger partial charge in [0, 0.05) is 5.92 Å². The summed E-state index contributed by atoms with van der Waals surface area (Å²) >= 11 is 0. The predicted octanol–water partition coefficient (Wildman–Crippen LogP) is -0.660. The van der Waals surface area contributed by atoms with Gasteiger partial charge in [-0.25, -0.2) is 0 Å². The van der Waals surface area contributed by atoms with Crippen molar-refractivity contribution in [1.82, 2.24) is 21.3 Å². The molecule has 8 nitrogen and oxygen atoms in total.